The van der Waals surface area contributed by atoms with Gasteiger partial charge in [-0.05, 0) is 42.9 Å². The molecule has 6 rings (SSSR count). The van der Waals surface area contributed by atoms with Crippen molar-refractivity contribution in [3.05, 3.63) is 65.7 Å². The number of fused-ring (bicyclic) bond motifs is 1. The first kappa shape index (κ1) is 25.3. The molecule has 1 saturated carbocycles. The lowest BCUT2D eigenvalue weighted by Gasteiger charge is -2.40. The number of nitrogens with zero attached hydrogens (tertiary/aromatic N) is 3. The fourth-order valence-electron chi connectivity index (χ4n) is 6.52. The summed E-state index contributed by atoms with van der Waals surface area (Å²) in [6, 6.07) is 18.5. The minimum atomic E-state index is -0.336. The minimum absolute atomic E-state index is 0.0178. The smallest absolute Gasteiger partial charge is 0.322 e. The Morgan fingerprint density at radius 1 is 0.868 bits per heavy atom. The maximum absolute atomic E-state index is 13.7. The molecule has 0 bridgehead atoms. The van der Waals surface area contributed by atoms with Gasteiger partial charge in [0.25, 0.3) is 0 Å². The molecule has 2 unspecified atom stereocenters. The summed E-state index contributed by atoms with van der Waals surface area (Å²) in [5.41, 5.74) is 3.16. The first-order chi connectivity index (χ1) is 18.6. The van der Waals surface area contributed by atoms with Gasteiger partial charge in [-0.25, -0.2) is 4.79 Å². The number of likely N-dealkylation sites (tertiary alicyclic amines) is 1. The Kier molecular flexibility index (Phi) is 7.32. The summed E-state index contributed by atoms with van der Waals surface area (Å²) in [6.45, 7) is 1.84. The summed E-state index contributed by atoms with van der Waals surface area (Å²) in [5.74, 6) is 0.183. The van der Waals surface area contributed by atoms with Crippen LogP contribution < -0.4 is 5.32 Å². The third kappa shape index (κ3) is 5.03. The van der Waals surface area contributed by atoms with Gasteiger partial charge in [0, 0.05) is 43.8 Å². The predicted octanol–water partition coefficient (Wildman–Crippen LogP) is 5.39. The molecule has 0 aromatic heterocycles. The van der Waals surface area contributed by atoms with Crippen molar-refractivity contribution in [1.29, 1.82) is 0 Å². The van der Waals surface area contributed by atoms with E-state index in [0.717, 1.165) is 42.5 Å². The van der Waals surface area contributed by atoms with Crippen molar-refractivity contribution in [2.75, 3.05) is 18.4 Å². The molecule has 7 nitrogen and oxygen atoms in total. The lowest BCUT2D eigenvalue weighted by Crippen LogP contribution is -2.51. The molecule has 3 fully saturated rings. The maximum Gasteiger partial charge on any atom is 0.322 e. The Hall–Kier alpha value is -3.00. The standard InChI is InChI=1S/C30H36N4O3S/c35-27(32-17-15-23(16-18-32)33-20-22-11-7-8-14-25(22)31-30(33)37)19-26-28(36)34(24-12-5-2-6-13-24)29(38-26)21-9-3-1-4-10-21/h1,3-4,7-11,14,23-24,26,29H,2,5-6,12-13,15-20H2,(H,31,37). The van der Waals surface area contributed by atoms with Crippen molar-refractivity contribution in [3.63, 3.8) is 0 Å². The highest BCUT2D eigenvalue weighted by atomic mass is 32.2. The van der Waals surface area contributed by atoms with Crippen LogP contribution in [-0.2, 0) is 16.1 Å². The van der Waals surface area contributed by atoms with E-state index in [1.165, 1.54) is 19.3 Å². The molecule has 1 N–H and O–H groups in total. The van der Waals surface area contributed by atoms with Gasteiger partial charge in [0.2, 0.25) is 11.8 Å². The average Bonchev–Trinajstić information content (AvgIpc) is 3.29. The number of piperidine rings is 1. The fourth-order valence-corrected chi connectivity index (χ4v) is 8.03. The molecule has 2 saturated heterocycles. The number of hydrogen-bond acceptors (Lipinski definition) is 4. The number of urea groups is 1. The normalized spacial score (nSPS) is 24.9. The monoisotopic (exact) mass is 532 g/mol. The SMILES string of the molecule is O=C(CC1SC(c2ccccc2)N(C2CCCCC2)C1=O)N1CCC(N2Cc3ccccc3NC2=O)CC1. The lowest BCUT2D eigenvalue weighted by molar-refractivity contribution is -0.138. The van der Waals surface area contributed by atoms with E-state index in [0.29, 0.717) is 19.6 Å². The number of nitrogens with one attached hydrogen (secondary N) is 1. The van der Waals surface area contributed by atoms with E-state index in [4.69, 9.17) is 0 Å². The summed E-state index contributed by atoms with van der Waals surface area (Å²) in [5, 5.41) is 2.65. The zero-order valence-electron chi connectivity index (χ0n) is 21.8. The average molecular weight is 533 g/mol. The topological polar surface area (TPSA) is 73.0 Å². The van der Waals surface area contributed by atoms with Gasteiger partial charge in [-0.3, -0.25) is 9.59 Å². The number of rotatable bonds is 5. The molecule has 0 radical (unpaired) electrons. The Morgan fingerprint density at radius 3 is 2.34 bits per heavy atom. The lowest BCUT2D eigenvalue weighted by atomic mass is 9.93. The highest BCUT2D eigenvalue weighted by molar-refractivity contribution is 8.01. The quantitative estimate of drug-likeness (QED) is 0.560. The van der Waals surface area contributed by atoms with Gasteiger partial charge in [0.15, 0.2) is 0 Å². The van der Waals surface area contributed by atoms with Crippen LogP contribution in [0.25, 0.3) is 0 Å². The van der Waals surface area contributed by atoms with Gasteiger partial charge in [0.1, 0.15) is 5.37 Å². The molecule has 1 aliphatic carbocycles. The van der Waals surface area contributed by atoms with Crippen LogP contribution in [0.3, 0.4) is 0 Å². The van der Waals surface area contributed by atoms with E-state index < -0.39 is 0 Å². The van der Waals surface area contributed by atoms with Crippen molar-refractivity contribution in [1.82, 2.24) is 14.7 Å². The zero-order chi connectivity index (χ0) is 26.1. The van der Waals surface area contributed by atoms with Crippen molar-refractivity contribution in [2.24, 2.45) is 0 Å². The van der Waals surface area contributed by atoms with E-state index in [1.807, 2.05) is 46.2 Å². The van der Waals surface area contributed by atoms with Crippen molar-refractivity contribution in [3.8, 4) is 0 Å². The largest absolute Gasteiger partial charge is 0.342 e. The molecule has 4 amide bonds. The third-order valence-corrected chi connectivity index (χ3v) is 10.1. The van der Waals surface area contributed by atoms with E-state index in [-0.39, 0.29) is 47.0 Å². The van der Waals surface area contributed by atoms with Gasteiger partial charge < -0.3 is 20.0 Å². The Bertz CT molecular complexity index is 1180. The van der Waals surface area contributed by atoms with Gasteiger partial charge in [-0.15, -0.1) is 11.8 Å². The number of carbonyl (C=O) groups excluding carboxylic acids is 3. The summed E-state index contributed by atoms with van der Waals surface area (Å²) in [7, 11) is 0. The second-order valence-electron chi connectivity index (χ2n) is 11.0. The van der Waals surface area contributed by atoms with Crippen LogP contribution in [0, 0.1) is 0 Å². The molecular formula is C30H36N4O3S. The number of thioether (sulfide) groups is 1. The molecule has 8 heteroatoms. The molecule has 3 aliphatic heterocycles. The Balaban J connectivity index is 1.08. The number of hydrogen-bond donors (Lipinski definition) is 1. The molecule has 38 heavy (non-hydrogen) atoms. The van der Waals surface area contributed by atoms with E-state index in [2.05, 4.69) is 28.4 Å². The number of anilines is 1. The van der Waals surface area contributed by atoms with Crippen LogP contribution in [0.2, 0.25) is 0 Å². The number of amides is 4. The van der Waals surface area contributed by atoms with Gasteiger partial charge in [0.05, 0.1) is 5.25 Å². The summed E-state index contributed by atoms with van der Waals surface area (Å²) in [4.78, 5) is 45.7. The number of carbonyl (C=O) groups is 3. The van der Waals surface area contributed by atoms with Crippen LogP contribution in [0.15, 0.2) is 54.6 Å². The molecule has 2 atom stereocenters. The minimum Gasteiger partial charge on any atom is -0.342 e. The van der Waals surface area contributed by atoms with E-state index in [9.17, 15) is 14.4 Å². The molecule has 0 spiro atoms. The third-order valence-electron chi connectivity index (χ3n) is 8.61. The van der Waals surface area contributed by atoms with Crippen LogP contribution in [0.5, 0.6) is 0 Å². The molecule has 2 aromatic carbocycles. The fraction of sp³-hybridized carbons (Fsp3) is 0.500. The summed E-state index contributed by atoms with van der Waals surface area (Å²) in [6.07, 6.45) is 7.45. The second-order valence-corrected chi connectivity index (χ2v) is 12.2. The summed E-state index contributed by atoms with van der Waals surface area (Å²) >= 11 is 1.65. The van der Waals surface area contributed by atoms with Crippen LogP contribution in [0.4, 0.5) is 10.5 Å². The number of benzene rings is 2. The highest BCUT2D eigenvalue weighted by Crippen LogP contribution is 2.47. The van der Waals surface area contributed by atoms with E-state index >= 15 is 0 Å². The molecule has 3 heterocycles. The zero-order valence-corrected chi connectivity index (χ0v) is 22.6. The maximum atomic E-state index is 13.7. The summed E-state index contributed by atoms with van der Waals surface area (Å²) < 4.78 is 0. The van der Waals surface area contributed by atoms with Crippen molar-refractivity contribution in [2.45, 2.75) is 80.6 Å². The highest BCUT2D eigenvalue weighted by Gasteiger charge is 2.45. The van der Waals surface area contributed by atoms with E-state index in [1.54, 1.807) is 11.8 Å². The van der Waals surface area contributed by atoms with Crippen molar-refractivity contribution < 1.29 is 14.4 Å². The molecular weight excluding hydrogens is 496 g/mol. The van der Waals surface area contributed by atoms with Crippen LogP contribution >= 0.6 is 11.8 Å². The molecule has 2 aromatic rings. The first-order valence-electron chi connectivity index (χ1n) is 14.0. The number of para-hydroxylation sites is 1. The predicted molar refractivity (Wildman–Crippen MR) is 150 cm³/mol. The molecule has 4 aliphatic rings. The van der Waals surface area contributed by atoms with Crippen LogP contribution in [0.1, 0.15) is 67.9 Å². The second kappa shape index (κ2) is 11.0. The Morgan fingerprint density at radius 2 is 1.58 bits per heavy atom. The van der Waals surface area contributed by atoms with Crippen molar-refractivity contribution >= 4 is 35.3 Å². The van der Waals surface area contributed by atoms with Gasteiger partial charge in [-0.1, -0.05) is 67.8 Å². The molecule has 200 valence electrons. The van der Waals surface area contributed by atoms with Gasteiger partial charge in [-0.2, -0.15) is 0 Å². The van der Waals surface area contributed by atoms with Gasteiger partial charge >= 0.3 is 6.03 Å². The van der Waals surface area contributed by atoms with Crippen LogP contribution in [-0.4, -0.2) is 63.0 Å². The first-order valence-corrected chi connectivity index (χ1v) is 15.0. The Labute approximate surface area is 228 Å².